The summed E-state index contributed by atoms with van der Waals surface area (Å²) < 4.78 is 53.1. The van der Waals surface area contributed by atoms with Crippen LogP contribution in [0.1, 0.15) is 30.6 Å². The number of rotatable bonds is 7. The van der Waals surface area contributed by atoms with Gasteiger partial charge in [-0.15, -0.1) is 0 Å². The molecular formula is C23H26F3NO4. The Balaban J connectivity index is 1.59. The van der Waals surface area contributed by atoms with Crippen LogP contribution in [0.15, 0.2) is 48.5 Å². The van der Waals surface area contributed by atoms with Crippen molar-refractivity contribution in [1.82, 2.24) is 4.90 Å². The van der Waals surface area contributed by atoms with Crippen molar-refractivity contribution in [3.8, 4) is 11.5 Å². The molecule has 31 heavy (non-hydrogen) atoms. The molecule has 0 bridgehead atoms. The zero-order valence-electron chi connectivity index (χ0n) is 17.5. The summed E-state index contributed by atoms with van der Waals surface area (Å²) in [5, 5.41) is 0. The molecular weight excluding hydrogens is 411 g/mol. The second kappa shape index (κ2) is 10.0. The summed E-state index contributed by atoms with van der Waals surface area (Å²) in [4.78, 5) is 14.6. The number of nitrogens with zero attached hydrogens (tertiary/aromatic N) is 1. The van der Waals surface area contributed by atoms with Gasteiger partial charge in [-0.3, -0.25) is 4.79 Å². The lowest BCUT2D eigenvalue weighted by molar-refractivity contribution is -0.153. The maximum absolute atomic E-state index is 12.8. The van der Waals surface area contributed by atoms with Crippen molar-refractivity contribution in [2.45, 2.75) is 38.1 Å². The smallest absolute Gasteiger partial charge is 0.422 e. The van der Waals surface area contributed by atoms with E-state index in [0.29, 0.717) is 19.5 Å². The predicted octanol–water partition coefficient (Wildman–Crippen LogP) is 4.56. The minimum absolute atomic E-state index is 0.00689. The second-order valence-electron chi connectivity index (χ2n) is 7.53. The van der Waals surface area contributed by atoms with Gasteiger partial charge in [-0.2, -0.15) is 13.2 Å². The molecule has 1 aliphatic heterocycles. The highest BCUT2D eigenvalue weighted by Crippen LogP contribution is 2.30. The fourth-order valence-electron chi connectivity index (χ4n) is 3.56. The lowest BCUT2D eigenvalue weighted by Crippen LogP contribution is -2.46. The van der Waals surface area contributed by atoms with Crippen LogP contribution in [0.2, 0.25) is 0 Å². The van der Waals surface area contributed by atoms with Gasteiger partial charge in [0.15, 0.2) is 18.1 Å². The van der Waals surface area contributed by atoms with Gasteiger partial charge in [-0.25, -0.2) is 0 Å². The highest BCUT2D eigenvalue weighted by molar-refractivity contribution is 5.76. The maximum atomic E-state index is 12.8. The summed E-state index contributed by atoms with van der Waals surface area (Å²) in [6.07, 6.45) is -3.95. The topological polar surface area (TPSA) is 48.0 Å². The number of halogens is 3. The average Bonchev–Trinajstić information content (AvgIpc) is 2.75. The third-order valence-corrected chi connectivity index (χ3v) is 5.03. The van der Waals surface area contributed by atoms with E-state index in [1.165, 1.54) is 13.2 Å². The first-order valence-electron chi connectivity index (χ1n) is 10.1. The van der Waals surface area contributed by atoms with E-state index in [1.54, 1.807) is 12.1 Å². The molecule has 1 fully saturated rings. The van der Waals surface area contributed by atoms with Crippen molar-refractivity contribution in [3.63, 3.8) is 0 Å². The van der Waals surface area contributed by atoms with Gasteiger partial charge in [-0.05, 0) is 36.6 Å². The number of alkyl halides is 3. The summed E-state index contributed by atoms with van der Waals surface area (Å²) in [6, 6.07) is 14.5. The number of hydrogen-bond donors (Lipinski definition) is 0. The molecule has 5 nitrogen and oxygen atoms in total. The van der Waals surface area contributed by atoms with Crippen LogP contribution < -0.4 is 9.47 Å². The van der Waals surface area contributed by atoms with Gasteiger partial charge in [0.2, 0.25) is 5.91 Å². The molecule has 0 aromatic heterocycles. The summed E-state index contributed by atoms with van der Waals surface area (Å²) in [5.74, 6) is 0.230. The Kier molecular flexibility index (Phi) is 7.43. The number of amides is 1. The molecule has 0 N–H and O–H groups in total. The normalized spacial score (nSPS) is 19.2. The minimum atomic E-state index is -4.43. The number of carbonyl (C=O) groups is 1. The first-order chi connectivity index (χ1) is 14.7. The molecule has 1 saturated heterocycles. The number of carbonyl (C=O) groups excluding carboxylic acids is 1. The fourth-order valence-corrected chi connectivity index (χ4v) is 3.56. The molecule has 1 aliphatic rings. The highest BCUT2D eigenvalue weighted by Gasteiger charge is 2.30. The largest absolute Gasteiger partial charge is 0.493 e. The zero-order chi connectivity index (χ0) is 22.4. The monoisotopic (exact) mass is 437 g/mol. The lowest BCUT2D eigenvalue weighted by Gasteiger charge is -2.37. The Morgan fingerprint density at radius 1 is 1.13 bits per heavy atom. The van der Waals surface area contributed by atoms with Crippen LogP contribution in [0.25, 0.3) is 0 Å². The molecule has 0 saturated carbocycles. The molecule has 1 heterocycles. The van der Waals surface area contributed by atoms with E-state index in [2.05, 4.69) is 0 Å². The van der Waals surface area contributed by atoms with E-state index < -0.39 is 12.8 Å². The second-order valence-corrected chi connectivity index (χ2v) is 7.53. The minimum Gasteiger partial charge on any atom is -0.493 e. The molecule has 2 atom stereocenters. The Morgan fingerprint density at radius 2 is 1.87 bits per heavy atom. The number of benzene rings is 2. The van der Waals surface area contributed by atoms with Crippen molar-refractivity contribution < 1.29 is 32.2 Å². The van der Waals surface area contributed by atoms with Gasteiger partial charge in [-0.1, -0.05) is 36.4 Å². The van der Waals surface area contributed by atoms with Crippen LogP contribution in [-0.4, -0.2) is 49.9 Å². The molecule has 168 valence electrons. The maximum Gasteiger partial charge on any atom is 0.422 e. The van der Waals surface area contributed by atoms with Crippen molar-refractivity contribution in [1.29, 1.82) is 0 Å². The molecule has 2 aromatic carbocycles. The van der Waals surface area contributed by atoms with E-state index >= 15 is 0 Å². The number of hydrogen-bond acceptors (Lipinski definition) is 4. The van der Waals surface area contributed by atoms with E-state index in [1.807, 2.05) is 42.2 Å². The summed E-state index contributed by atoms with van der Waals surface area (Å²) in [7, 11) is 1.36. The van der Waals surface area contributed by atoms with Crippen LogP contribution in [-0.2, 0) is 16.0 Å². The van der Waals surface area contributed by atoms with Crippen molar-refractivity contribution in [3.05, 3.63) is 59.7 Å². The molecule has 1 amide bonds. The van der Waals surface area contributed by atoms with Crippen LogP contribution in [0, 0.1) is 0 Å². The standard InChI is InChI=1S/C23H26F3NO4/c1-16-13-27(14-21(31-16)18-6-4-3-5-7-18)22(28)11-9-17-8-10-19(20(12-17)29-2)30-15-23(24,25)26/h3-8,10,12,16,21H,9,11,13-15H2,1-2H3. The van der Waals surface area contributed by atoms with Crippen molar-refractivity contribution in [2.75, 3.05) is 26.8 Å². The summed E-state index contributed by atoms with van der Waals surface area (Å²) in [5.41, 5.74) is 1.82. The van der Waals surface area contributed by atoms with Crippen LogP contribution >= 0.6 is 0 Å². The molecule has 2 aromatic rings. The van der Waals surface area contributed by atoms with Gasteiger partial charge in [0.25, 0.3) is 0 Å². The van der Waals surface area contributed by atoms with E-state index in [-0.39, 0.29) is 36.0 Å². The number of aryl methyl sites for hydroxylation is 1. The molecule has 0 aliphatic carbocycles. The van der Waals surface area contributed by atoms with Gasteiger partial charge in [0, 0.05) is 13.0 Å². The van der Waals surface area contributed by atoms with E-state index in [4.69, 9.17) is 14.2 Å². The number of morpholine rings is 1. The average molecular weight is 437 g/mol. The lowest BCUT2D eigenvalue weighted by atomic mass is 10.0. The van der Waals surface area contributed by atoms with Gasteiger partial charge >= 0.3 is 6.18 Å². The van der Waals surface area contributed by atoms with Crippen molar-refractivity contribution >= 4 is 5.91 Å². The molecule has 0 radical (unpaired) electrons. The number of ether oxygens (including phenoxy) is 3. The van der Waals surface area contributed by atoms with E-state index in [0.717, 1.165) is 11.1 Å². The van der Waals surface area contributed by atoms with Crippen molar-refractivity contribution in [2.24, 2.45) is 0 Å². The van der Waals surface area contributed by atoms with Crippen LogP contribution in [0.4, 0.5) is 13.2 Å². The zero-order valence-corrected chi connectivity index (χ0v) is 17.5. The third kappa shape index (κ3) is 6.62. The van der Waals surface area contributed by atoms with Crippen LogP contribution in [0.3, 0.4) is 0 Å². The molecule has 2 unspecified atom stereocenters. The van der Waals surface area contributed by atoms with Gasteiger partial charge in [0.05, 0.1) is 19.8 Å². The molecule has 3 rings (SSSR count). The quantitative estimate of drug-likeness (QED) is 0.637. The summed E-state index contributed by atoms with van der Waals surface area (Å²) >= 11 is 0. The van der Waals surface area contributed by atoms with E-state index in [9.17, 15) is 18.0 Å². The Labute approximate surface area is 179 Å². The van der Waals surface area contributed by atoms with Gasteiger partial charge < -0.3 is 19.1 Å². The predicted molar refractivity (Wildman–Crippen MR) is 109 cm³/mol. The van der Waals surface area contributed by atoms with Crippen LogP contribution in [0.5, 0.6) is 11.5 Å². The fraction of sp³-hybridized carbons (Fsp3) is 0.435. The Bertz CT molecular complexity index is 873. The number of methoxy groups -OCH3 is 1. The highest BCUT2D eigenvalue weighted by atomic mass is 19.4. The Morgan fingerprint density at radius 3 is 2.55 bits per heavy atom. The first kappa shape index (κ1) is 22.9. The Hall–Kier alpha value is -2.74. The first-order valence-corrected chi connectivity index (χ1v) is 10.1. The SMILES string of the molecule is COc1cc(CCC(=O)N2CC(C)OC(c3ccccc3)C2)ccc1OCC(F)(F)F. The van der Waals surface area contributed by atoms with Gasteiger partial charge in [0.1, 0.15) is 6.10 Å². The summed E-state index contributed by atoms with van der Waals surface area (Å²) in [6.45, 7) is 1.56. The molecule has 0 spiro atoms. The third-order valence-electron chi connectivity index (χ3n) is 5.03. The molecule has 8 heteroatoms.